The summed E-state index contributed by atoms with van der Waals surface area (Å²) in [6.45, 7) is 1.06. The quantitative estimate of drug-likeness (QED) is 0.565. The molecule has 2 aromatic rings. The van der Waals surface area contributed by atoms with Gasteiger partial charge in [-0.2, -0.15) is 0 Å². The summed E-state index contributed by atoms with van der Waals surface area (Å²) in [5, 5.41) is 11.3. The lowest BCUT2D eigenvalue weighted by atomic mass is 10.2. The minimum Gasteiger partial charge on any atom is -0.301 e. The smallest absolute Gasteiger partial charge is 0.269 e. The van der Waals surface area contributed by atoms with E-state index in [-0.39, 0.29) is 5.69 Å². The van der Waals surface area contributed by atoms with E-state index >= 15 is 0 Å². The highest BCUT2D eigenvalue weighted by Gasteiger charge is 2.12. The van der Waals surface area contributed by atoms with Gasteiger partial charge in [0.25, 0.3) is 5.69 Å². The molecule has 1 atom stereocenters. The summed E-state index contributed by atoms with van der Waals surface area (Å²) in [6.07, 6.45) is 0. The second-order valence-electron chi connectivity index (χ2n) is 5.13. The van der Waals surface area contributed by atoms with E-state index in [0.717, 1.165) is 4.90 Å². The zero-order valence-corrected chi connectivity index (χ0v) is 14.2. The second-order valence-corrected chi connectivity index (χ2v) is 7.11. The fourth-order valence-corrected chi connectivity index (χ4v) is 3.45. The van der Waals surface area contributed by atoms with Gasteiger partial charge in [0.15, 0.2) is 0 Å². The topological polar surface area (TPSA) is 63.5 Å². The Kier molecular flexibility index (Phi) is 6.27. The standard InChI is InChI=1S/C16H17ClN2O3S/c1-18(9-10-23(22)15-5-3-2-4-6-15)12-13-11-14(19(20)21)7-8-16(13)17/h2-8,11H,9-10,12H2,1H3. The number of rotatable bonds is 7. The summed E-state index contributed by atoms with van der Waals surface area (Å²) in [5.74, 6) is 0.493. The number of non-ortho nitro benzene ring substituents is 1. The molecule has 1 unspecified atom stereocenters. The Balaban J connectivity index is 1.95. The Morgan fingerprint density at radius 2 is 1.91 bits per heavy atom. The average Bonchev–Trinajstić information content (AvgIpc) is 2.55. The molecule has 0 radical (unpaired) electrons. The van der Waals surface area contributed by atoms with Crippen molar-refractivity contribution in [1.82, 2.24) is 4.90 Å². The molecule has 0 aliphatic rings. The van der Waals surface area contributed by atoms with Crippen molar-refractivity contribution in [2.24, 2.45) is 0 Å². The number of nitro groups is 1. The van der Waals surface area contributed by atoms with Crippen molar-refractivity contribution in [3.8, 4) is 0 Å². The summed E-state index contributed by atoms with van der Waals surface area (Å²) >= 11 is 6.09. The molecule has 5 nitrogen and oxygen atoms in total. The van der Waals surface area contributed by atoms with Gasteiger partial charge in [-0.15, -0.1) is 0 Å². The first-order chi connectivity index (χ1) is 11.0. The van der Waals surface area contributed by atoms with Gasteiger partial charge in [-0.1, -0.05) is 29.8 Å². The predicted molar refractivity (Wildman–Crippen MR) is 92.2 cm³/mol. The SMILES string of the molecule is CN(CCS(=O)c1ccccc1)Cc1cc([N+](=O)[O-])ccc1Cl. The maximum Gasteiger partial charge on any atom is 0.269 e. The van der Waals surface area contributed by atoms with Gasteiger partial charge in [0.1, 0.15) is 0 Å². The highest BCUT2D eigenvalue weighted by molar-refractivity contribution is 7.85. The largest absolute Gasteiger partial charge is 0.301 e. The third-order valence-electron chi connectivity index (χ3n) is 3.34. The summed E-state index contributed by atoms with van der Waals surface area (Å²) in [4.78, 5) is 13.1. The number of nitro benzene ring substituents is 1. The molecule has 2 aromatic carbocycles. The summed E-state index contributed by atoms with van der Waals surface area (Å²) in [6, 6.07) is 13.7. The van der Waals surface area contributed by atoms with Gasteiger partial charge in [-0.05, 0) is 30.8 Å². The van der Waals surface area contributed by atoms with Crippen molar-refractivity contribution >= 4 is 28.1 Å². The van der Waals surface area contributed by atoms with Gasteiger partial charge in [-0.3, -0.25) is 14.3 Å². The van der Waals surface area contributed by atoms with E-state index in [1.165, 1.54) is 18.2 Å². The van der Waals surface area contributed by atoms with Crippen LogP contribution in [0.1, 0.15) is 5.56 Å². The van der Waals surface area contributed by atoms with Gasteiger partial charge < -0.3 is 4.90 Å². The second kappa shape index (κ2) is 8.19. The Labute approximate surface area is 142 Å². The van der Waals surface area contributed by atoms with Crippen LogP contribution in [-0.4, -0.2) is 33.4 Å². The number of benzene rings is 2. The fraction of sp³-hybridized carbons (Fsp3) is 0.250. The van der Waals surface area contributed by atoms with Crippen LogP contribution >= 0.6 is 11.6 Å². The Morgan fingerprint density at radius 3 is 2.57 bits per heavy atom. The molecule has 0 N–H and O–H groups in total. The molecule has 0 amide bonds. The van der Waals surface area contributed by atoms with E-state index in [4.69, 9.17) is 11.6 Å². The van der Waals surface area contributed by atoms with Crippen LogP contribution in [0, 0.1) is 10.1 Å². The average molecular weight is 353 g/mol. The highest BCUT2D eigenvalue weighted by Crippen LogP contribution is 2.23. The minimum atomic E-state index is -1.06. The number of hydrogen-bond acceptors (Lipinski definition) is 4. The minimum absolute atomic E-state index is 0.0191. The van der Waals surface area contributed by atoms with Crippen LogP contribution in [0.4, 0.5) is 5.69 Å². The molecule has 0 heterocycles. The Bertz CT molecular complexity index is 710. The maximum atomic E-state index is 12.2. The van der Waals surface area contributed by atoms with Crippen molar-refractivity contribution in [1.29, 1.82) is 0 Å². The van der Waals surface area contributed by atoms with Gasteiger partial charge in [-0.25, -0.2) is 0 Å². The van der Waals surface area contributed by atoms with E-state index in [1.54, 1.807) is 0 Å². The first-order valence-corrected chi connectivity index (χ1v) is 8.72. The summed E-state index contributed by atoms with van der Waals surface area (Å²) in [7, 11) is 0.810. The summed E-state index contributed by atoms with van der Waals surface area (Å²) in [5.41, 5.74) is 0.708. The molecule has 0 saturated carbocycles. The zero-order valence-electron chi connectivity index (χ0n) is 12.6. The third kappa shape index (κ3) is 5.13. The third-order valence-corrected chi connectivity index (χ3v) is 5.06. The molecule has 0 fully saturated rings. The molecule has 0 saturated heterocycles. The van der Waals surface area contributed by atoms with Crippen LogP contribution in [-0.2, 0) is 17.3 Å². The Morgan fingerprint density at radius 1 is 1.22 bits per heavy atom. The van der Waals surface area contributed by atoms with Crippen molar-refractivity contribution < 1.29 is 9.13 Å². The van der Waals surface area contributed by atoms with Crippen LogP contribution in [0.3, 0.4) is 0 Å². The predicted octanol–water partition coefficient (Wildman–Crippen LogP) is 3.49. The zero-order chi connectivity index (χ0) is 16.8. The first kappa shape index (κ1) is 17.6. The monoisotopic (exact) mass is 352 g/mol. The van der Waals surface area contributed by atoms with E-state index < -0.39 is 15.7 Å². The van der Waals surface area contributed by atoms with Gasteiger partial charge in [0.2, 0.25) is 0 Å². The van der Waals surface area contributed by atoms with Crippen LogP contribution in [0.25, 0.3) is 0 Å². The lowest BCUT2D eigenvalue weighted by molar-refractivity contribution is -0.384. The molecule has 0 bridgehead atoms. The highest BCUT2D eigenvalue weighted by atomic mass is 35.5. The fourth-order valence-electron chi connectivity index (χ4n) is 2.09. The van der Waals surface area contributed by atoms with Crippen molar-refractivity contribution in [2.45, 2.75) is 11.4 Å². The molecule has 122 valence electrons. The van der Waals surface area contributed by atoms with Gasteiger partial charge in [0, 0.05) is 40.9 Å². The van der Waals surface area contributed by atoms with Gasteiger partial charge in [0.05, 0.1) is 15.7 Å². The number of halogens is 1. The van der Waals surface area contributed by atoms with E-state index in [1.807, 2.05) is 42.3 Å². The normalized spacial score (nSPS) is 12.3. The van der Waals surface area contributed by atoms with E-state index in [9.17, 15) is 14.3 Å². The molecular weight excluding hydrogens is 336 g/mol. The van der Waals surface area contributed by atoms with Crippen LogP contribution in [0.5, 0.6) is 0 Å². The molecular formula is C16H17ClN2O3S. The lowest BCUT2D eigenvalue weighted by Crippen LogP contribution is -2.23. The summed E-state index contributed by atoms with van der Waals surface area (Å²) < 4.78 is 12.2. The van der Waals surface area contributed by atoms with Gasteiger partial charge >= 0.3 is 0 Å². The molecule has 0 aromatic heterocycles. The molecule has 0 aliphatic heterocycles. The van der Waals surface area contributed by atoms with Crippen molar-refractivity contribution in [2.75, 3.05) is 19.3 Å². The van der Waals surface area contributed by atoms with E-state index in [2.05, 4.69) is 0 Å². The molecule has 2 rings (SSSR count). The molecule has 0 aliphatic carbocycles. The van der Waals surface area contributed by atoms with Crippen molar-refractivity contribution in [3.63, 3.8) is 0 Å². The first-order valence-electron chi connectivity index (χ1n) is 7.02. The van der Waals surface area contributed by atoms with E-state index in [0.29, 0.717) is 29.4 Å². The Hall–Kier alpha value is -1.76. The molecule has 23 heavy (non-hydrogen) atoms. The number of nitrogens with zero attached hydrogens (tertiary/aromatic N) is 2. The van der Waals surface area contributed by atoms with Crippen LogP contribution < -0.4 is 0 Å². The number of hydrogen-bond donors (Lipinski definition) is 0. The van der Waals surface area contributed by atoms with Crippen LogP contribution in [0.15, 0.2) is 53.4 Å². The maximum absolute atomic E-state index is 12.2. The molecule has 0 spiro atoms. The molecule has 7 heteroatoms. The van der Waals surface area contributed by atoms with Crippen molar-refractivity contribution in [3.05, 3.63) is 69.2 Å². The lowest BCUT2D eigenvalue weighted by Gasteiger charge is -2.17. The van der Waals surface area contributed by atoms with Crippen LogP contribution in [0.2, 0.25) is 5.02 Å².